The molecule has 0 unspecified atom stereocenters. The molecule has 0 aliphatic rings. The molecule has 5 rings (SSSR count). The number of hydrogen-bond acceptors (Lipinski definition) is 5. The summed E-state index contributed by atoms with van der Waals surface area (Å²) < 4.78 is 5.28. The number of hydrogen-bond donors (Lipinski definition) is 2. The average molecular weight is 461 g/mol. The number of amides is 1. The number of aromatic nitrogens is 2. The first kappa shape index (κ1) is 22.1. The molecule has 0 atom stereocenters. The Morgan fingerprint density at radius 1 is 0.800 bits per heavy atom. The fraction of sp³-hybridized carbons (Fsp3) is 0.0690. The summed E-state index contributed by atoms with van der Waals surface area (Å²) in [5.41, 5.74) is 5.88. The van der Waals surface area contributed by atoms with Gasteiger partial charge in [-0.05, 0) is 55.0 Å². The number of ether oxygens (including phenoxy) is 1. The van der Waals surface area contributed by atoms with Crippen LogP contribution in [0.25, 0.3) is 22.2 Å². The van der Waals surface area contributed by atoms with Crippen molar-refractivity contribution in [3.05, 3.63) is 108 Å². The lowest BCUT2D eigenvalue weighted by Gasteiger charge is -2.12. The van der Waals surface area contributed by atoms with Crippen molar-refractivity contribution in [2.24, 2.45) is 0 Å². The Kier molecular flexibility index (Phi) is 6.09. The van der Waals surface area contributed by atoms with Crippen LogP contribution < -0.4 is 15.4 Å². The number of nitrogens with one attached hydrogen (secondary N) is 2. The predicted octanol–water partition coefficient (Wildman–Crippen LogP) is 6.61. The largest absolute Gasteiger partial charge is 0.496 e. The normalized spacial score (nSPS) is 10.7. The van der Waals surface area contributed by atoms with E-state index in [1.807, 2.05) is 60.7 Å². The third-order valence-corrected chi connectivity index (χ3v) is 5.65. The van der Waals surface area contributed by atoms with Crippen LogP contribution in [0.1, 0.15) is 15.9 Å². The smallest absolute Gasteiger partial charge is 0.259 e. The van der Waals surface area contributed by atoms with Gasteiger partial charge in [0, 0.05) is 22.3 Å². The van der Waals surface area contributed by atoms with E-state index in [9.17, 15) is 4.79 Å². The molecule has 4 aromatic carbocycles. The molecule has 0 saturated heterocycles. The Hall–Kier alpha value is -4.71. The van der Waals surface area contributed by atoms with Crippen LogP contribution in [0.2, 0.25) is 0 Å². The van der Waals surface area contributed by atoms with Crippen LogP contribution in [0.3, 0.4) is 0 Å². The zero-order chi connectivity index (χ0) is 24.2. The van der Waals surface area contributed by atoms with Crippen molar-refractivity contribution in [2.75, 3.05) is 17.7 Å². The van der Waals surface area contributed by atoms with Crippen LogP contribution in [0.5, 0.6) is 5.75 Å². The van der Waals surface area contributed by atoms with Gasteiger partial charge in [-0.1, -0.05) is 54.6 Å². The minimum absolute atomic E-state index is 0.233. The molecule has 5 aromatic rings. The average Bonchev–Trinajstić information content (AvgIpc) is 2.89. The molecule has 172 valence electrons. The van der Waals surface area contributed by atoms with Crippen LogP contribution in [0.15, 0.2) is 97.1 Å². The summed E-state index contributed by atoms with van der Waals surface area (Å²) >= 11 is 0. The zero-order valence-electron chi connectivity index (χ0n) is 19.4. The van der Waals surface area contributed by atoms with E-state index < -0.39 is 0 Å². The van der Waals surface area contributed by atoms with E-state index in [1.165, 1.54) is 0 Å². The number of methoxy groups -OCH3 is 1. The van der Waals surface area contributed by atoms with E-state index in [1.54, 1.807) is 25.3 Å². The number of rotatable bonds is 6. The van der Waals surface area contributed by atoms with Gasteiger partial charge in [0.05, 0.1) is 23.9 Å². The van der Waals surface area contributed by atoms with E-state index >= 15 is 0 Å². The SMILES string of the molecule is COc1ccccc1C(=O)Nc1ccc(Nc2nc(-c3ccccc3)c3ccc(C)cc3n2)cc1. The van der Waals surface area contributed by atoms with Crippen molar-refractivity contribution in [1.29, 1.82) is 0 Å². The van der Waals surface area contributed by atoms with Gasteiger partial charge in [-0.2, -0.15) is 0 Å². The summed E-state index contributed by atoms with van der Waals surface area (Å²) in [6, 6.07) is 30.8. The fourth-order valence-corrected chi connectivity index (χ4v) is 3.91. The summed E-state index contributed by atoms with van der Waals surface area (Å²) in [5, 5.41) is 7.21. The van der Waals surface area contributed by atoms with E-state index in [0.717, 1.165) is 33.4 Å². The Morgan fingerprint density at radius 2 is 1.51 bits per heavy atom. The van der Waals surface area contributed by atoms with E-state index in [0.29, 0.717) is 22.9 Å². The molecule has 1 amide bonds. The lowest BCUT2D eigenvalue weighted by molar-refractivity contribution is 0.102. The lowest BCUT2D eigenvalue weighted by Crippen LogP contribution is -2.13. The van der Waals surface area contributed by atoms with E-state index in [2.05, 4.69) is 35.8 Å². The highest BCUT2D eigenvalue weighted by Gasteiger charge is 2.13. The monoisotopic (exact) mass is 460 g/mol. The van der Waals surface area contributed by atoms with Gasteiger partial charge >= 0.3 is 0 Å². The van der Waals surface area contributed by atoms with Gasteiger partial charge in [0.25, 0.3) is 5.91 Å². The van der Waals surface area contributed by atoms with Crippen molar-refractivity contribution in [2.45, 2.75) is 6.92 Å². The Bertz CT molecular complexity index is 1500. The Labute approximate surface area is 203 Å². The first-order valence-electron chi connectivity index (χ1n) is 11.3. The zero-order valence-corrected chi connectivity index (χ0v) is 19.4. The first-order valence-corrected chi connectivity index (χ1v) is 11.3. The van der Waals surface area contributed by atoms with Crippen LogP contribution in [0.4, 0.5) is 17.3 Å². The van der Waals surface area contributed by atoms with E-state index in [4.69, 9.17) is 14.7 Å². The van der Waals surface area contributed by atoms with Crippen molar-refractivity contribution >= 4 is 34.1 Å². The number of carbonyl (C=O) groups is 1. The highest BCUT2D eigenvalue weighted by Crippen LogP contribution is 2.29. The van der Waals surface area contributed by atoms with Gasteiger partial charge in [-0.3, -0.25) is 4.79 Å². The van der Waals surface area contributed by atoms with Gasteiger partial charge in [-0.25, -0.2) is 9.97 Å². The molecule has 2 N–H and O–H groups in total. The minimum Gasteiger partial charge on any atom is -0.496 e. The second kappa shape index (κ2) is 9.65. The number of anilines is 3. The van der Waals surface area contributed by atoms with Gasteiger partial charge in [-0.15, -0.1) is 0 Å². The number of fused-ring (bicyclic) bond motifs is 1. The number of nitrogens with zero attached hydrogens (tertiary/aromatic N) is 2. The summed E-state index contributed by atoms with van der Waals surface area (Å²) in [7, 11) is 1.55. The van der Waals surface area contributed by atoms with E-state index in [-0.39, 0.29) is 5.91 Å². The molecule has 1 heterocycles. The molecule has 0 radical (unpaired) electrons. The minimum atomic E-state index is -0.233. The molecular formula is C29H24N4O2. The molecule has 0 aliphatic carbocycles. The Balaban J connectivity index is 1.40. The van der Waals surface area contributed by atoms with Crippen molar-refractivity contribution in [3.8, 4) is 17.0 Å². The van der Waals surface area contributed by atoms with Gasteiger partial charge in [0.2, 0.25) is 5.95 Å². The third kappa shape index (κ3) is 4.82. The molecule has 1 aromatic heterocycles. The first-order chi connectivity index (χ1) is 17.1. The van der Waals surface area contributed by atoms with Crippen molar-refractivity contribution < 1.29 is 9.53 Å². The number of benzene rings is 4. The maximum Gasteiger partial charge on any atom is 0.259 e. The summed E-state index contributed by atoms with van der Waals surface area (Å²) in [6.45, 7) is 2.05. The quantitative estimate of drug-likeness (QED) is 0.298. The molecule has 0 aliphatic heterocycles. The van der Waals surface area contributed by atoms with Crippen LogP contribution in [-0.4, -0.2) is 23.0 Å². The van der Waals surface area contributed by atoms with Crippen LogP contribution in [-0.2, 0) is 0 Å². The Morgan fingerprint density at radius 3 is 2.29 bits per heavy atom. The predicted molar refractivity (Wildman–Crippen MR) is 140 cm³/mol. The third-order valence-electron chi connectivity index (χ3n) is 5.65. The second-order valence-electron chi connectivity index (χ2n) is 8.14. The maximum atomic E-state index is 12.7. The number of aryl methyl sites for hydroxylation is 1. The molecule has 35 heavy (non-hydrogen) atoms. The molecule has 6 nitrogen and oxygen atoms in total. The number of carbonyl (C=O) groups excluding carboxylic acids is 1. The summed E-state index contributed by atoms with van der Waals surface area (Å²) in [4.78, 5) is 22.2. The topological polar surface area (TPSA) is 76.1 Å². The number of para-hydroxylation sites is 1. The molecule has 6 heteroatoms. The molecule has 0 bridgehead atoms. The van der Waals surface area contributed by atoms with Gasteiger partial charge < -0.3 is 15.4 Å². The lowest BCUT2D eigenvalue weighted by atomic mass is 10.1. The van der Waals surface area contributed by atoms with Crippen LogP contribution in [0, 0.1) is 6.92 Å². The van der Waals surface area contributed by atoms with Crippen molar-refractivity contribution in [1.82, 2.24) is 9.97 Å². The second-order valence-corrected chi connectivity index (χ2v) is 8.14. The summed E-state index contributed by atoms with van der Waals surface area (Å²) in [6.07, 6.45) is 0. The van der Waals surface area contributed by atoms with Gasteiger partial charge in [0.15, 0.2) is 0 Å². The maximum absolute atomic E-state index is 12.7. The van der Waals surface area contributed by atoms with Crippen molar-refractivity contribution in [3.63, 3.8) is 0 Å². The molecule has 0 saturated carbocycles. The molecular weight excluding hydrogens is 436 g/mol. The molecule has 0 spiro atoms. The molecule has 0 fully saturated rings. The standard InChI is InChI=1S/C29H24N4O2/c1-19-12-17-23-25(18-19)32-29(33-27(23)20-8-4-3-5-9-20)31-22-15-13-21(14-16-22)30-28(34)24-10-6-7-11-26(24)35-2/h3-18H,1-2H3,(H,30,34)(H,31,32,33). The highest BCUT2D eigenvalue weighted by atomic mass is 16.5. The summed E-state index contributed by atoms with van der Waals surface area (Å²) in [5.74, 6) is 0.804. The van der Waals surface area contributed by atoms with Gasteiger partial charge in [0.1, 0.15) is 5.75 Å². The van der Waals surface area contributed by atoms with Crippen LogP contribution >= 0.6 is 0 Å². The fourth-order valence-electron chi connectivity index (χ4n) is 3.91. The highest BCUT2D eigenvalue weighted by molar-refractivity contribution is 6.06.